The van der Waals surface area contributed by atoms with Gasteiger partial charge < -0.3 is 4.74 Å². The molecular formula is C25H29F5O. The normalized spacial score (nSPS) is 20.5. The van der Waals surface area contributed by atoms with E-state index < -0.39 is 23.7 Å². The van der Waals surface area contributed by atoms with E-state index in [0.29, 0.717) is 23.8 Å². The standard InChI is InChI=1S/C25H29F5O/c1-3-4-17-5-7-19(8-6-17)16(2)13-18-14-22(26)24(23(27)15-18)20-9-11-21(12-10-20)31-25(28,29)30/h9-12,14-17,19H,3-8,13H2,1-2H3. The van der Waals surface area contributed by atoms with E-state index in [0.717, 1.165) is 18.1 Å². The number of halogens is 5. The molecule has 0 radical (unpaired) electrons. The first-order chi connectivity index (χ1) is 14.7. The molecule has 1 atom stereocenters. The summed E-state index contributed by atoms with van der Waals surface area (Å²) in [5.74, 6) is -0.130. The molecule has 2 aromatic carbocycles. The minimum absolute atomic E-state index is 0.165. The van der Waals surface area contributed by atoms with Crippen molar-refractivity contribution in [2.45, 2.75) is 65.2 Å². The maximum atomic E-state index is 14.7. The molecule has 1 aliphatic carbocycles. The fourth-order valence-corrected chi connectivity index (χ4v) is 4.84. The molecular weight excluding hydrogens is 411 g/mol. The zero-order chi connectivity index (χ0) is 22.6. The molecule has 1 aliphatic rings. The lowest BCUT2D eigenvalue weighted by molar-refractivity contribution is -0.274. The van der Waals surface area contributed by atoms with Crippen molar-refractivity contribution in [3.8, 4) is 16.9 Å². The van der Waals surface area contributed by atoms with Crippen LogP contribution in [0, 0.1) is 29.4 Å². The number of benzene rings is 2. The lowest BCUT2D eigenvalue weighted by Gasteiger charge is -2.32. The summed E-state index contributed by atoms with van der Waals surface area (Å²) in [5, 5.41) is 0. The van der Waals surface area contributed by atoms with E-state index in [9.17, 15) is 22.0 Å². The lowest BCUT2D eigenvalue weighted by Crippen LogP contribution is -2.21. The molecule has 2 aromatic rings. The molecule has 1 unspecified atom stereocenters. The van der Waals surface area contributed by atoms with Gasteiger partial charge in [-0.25, -0.2) is 8.78 Å². The zero-order valence-corrected chi connectivity index (χ0v) is 17.9. The third-order valence-corrected chi connectivity index (χ3v) is 6.43. The fraction of sp³-hybridized carbons (Fsp3) is 0.520. The van der Waals surface area contributed by atoms with Gasteiger partial charge in [0.25, 0.3) is 0 Å². The first-order valence-corrected chi connectivity index (χ1v) is 11.0. The third kappa shape index (κ3) is 6.44. The molecule has 3 rings (SSSR count). The Morgan fingerprint density at radius 1 is 0.968 bits per heavy atom. The molecule has 0 aliphatic heterocycles. The first kappa shape index (κ1) is 23.6. The van der Waals surface area contributed by atoms with Crippen molar-refractivity contribution in [2.75, 3.05) is 0 Å². The largest absolute Gasteiger partial charge is 0.573 e. The molecule has 31 heavy (non-hydrogen) atoms. The van der Waals surface area contributed by atoms with Crippen LogP contribution in [0.4, 0.5) is 22.0 Å². The van der Waals surface area contributed by atoms with Crippen LogP contribution in [0.15, 0.2) is 36.4 Å². The average Bonchev–Trinajstić information content (AvgIpc) is 2.68. The fourth-order valence-electron chi connectivity index (χ4n) is 4.84. The quantitative estimate of drug-likeness (QED) is 0.393. The highest BCUT2D eigenvalue weighted by molar-refractivity contribution is 5.66. The Kier molecular flexibility index (Phi) is 7.60. The molecule has 0 aromatic heterocycles. The minimum Gasteiger partial charge on any atom is -0.406 e. The van der Waals surface area contributed by atoms with Gasteiger partial charge in [0.15, 0.2) is 0 Å². The maximum Gasteiger partial charge on any atom is 0.573 e. The predicted octanol–water partition coefficient (Wildman–Crippen LogP) is 8.32. The molecule has 1 nitrogen and oxygen atoms in total. The van der Waals surface area contributed by atoms with Crippen molar-refractivity contribution in [3.63, 3.8) is 0 Å². The second-order valence-electron chi connectivity index (χ2n) is 8.76. The van der Waals surface area contributed by atoms with Crippen molar-refractivity contribution in [3.05, 3.63) is 53.6 Å². The van der Waals surface area contributed by atoms with Crippen molar-refractivity contribution >= 4 is 0 Å². The van der Waals surface area contributed by atoms with E-state index >= 15 is 0 Å². The average molecular weight is 440 g/mol. The number of rotatable bonds is 7. The highest BCUT2D eigenvalue weighted by atomic mass is 19.4. The summed E-state index contributed by atoms with van der Waals surface area (Å²) in [6.45, 7) is 4.36. The Morgan fingerprint density at radius 3 is 2.06 bits per heavy atom. The van der Waals surface area contributed by atoms with Crippen LogP contribution in [0.5, 0.6) is 5.75 Å². The van der Waals surface area contributed by atoms with E-state index in [2.05, 4.69) is 18.6 Å². The molecule has 0 heterocycles. The molecule has 170 valence electrons. The monoisotopic (exact) mass is 440 g/mol. The molecule has 0 amide bonds. The van der Waals surface area contributed by atoms with Crippen molar-refractivity contribution in [2.24, 2.45) is 17.8 Å². The second kappa shape index (κ2) is 10.0. The van der Waals surface area contributed by atoms with Crippen LogP contribution < -0.4 is 4.74 Å². The molecule has 1 saturated carbocycles. The SMILES string of the molecule is CCCC1CCC(C(C)Cc2cc(F)c(-c3ccc(OC(F)(F)F)cc3)c(F)c2)CC1. The van der Waals surface area contributed by atoms with E-state index in [-0.39, 0.29) is 11.1 Å². The second-order valence-corrected chi connectivity index (χ2v) is 8.76. The molecule has 0 spiro atoms. The molecule has 0 saturated heterocycles. The molecule has 0 bridgehead atoms. The molecule has 1 fully saturated rings. The number of ether oxygens (including phenoxy) is 1. The summed E-state index contributed by atoms with van der Waals surface area (Å²) < 4.78 is 70.2. The Hall–Kier alpha value is -2.11. The lowest BCUT2D eigenvalue weighted by atomic mass is 9.73. The minimum atomic E-state index is -4.81. The van der Waals surface area contributed by atoms with Crippen LogP contribution in [0.25, 0.3) is 11.1 Å². The van der Waals surface area contributed by atoms with Crippen molar-refractivity contribution in [1.29, 1.82) is 0 Å². The van der Waals surface area contributed by atoms with Crippen molar-refractivity contribution < 1.29 is 26.7 Å². The number of hydrogen-bond acceptors (Lipinski definition) is 1. The maximum absolute atomic E-state index is 14.7. The van der Waals surface area contributed by atoms with Gasteiger partial charge in [-0.1, -0.05) is 51.7 Å². The van der Waals surface area contributed by atoms with Crippen LogP contribution in [0.1, 0.15) is 57.9 Å². The van der Waals surface area contributed by atoms with E-state index in [1.54, 1.807) is 0 Å². The Labute approximate surface area is 180 Å². The smallest absolute Gasteiger partial charge is 0.406 e. The summed E-state index contributed by atoms with van der Waals surface area (Å²) in [4.78, 5) is 0. The van der Waals surface area contributed by atoms with Crippen LogP contribution in [-0.4, -0.2) is 6.36 Å². The van der Waals surface area contributed by atoms with E-state index in [4.69, 9.17) is 0 Å². The Bertz CT molecular complexity index is 828. The van der Waals surface area contributed by atoms with Gasteiger partial charge >= 0.3 is 6.36 Å². The molecule has 0 N–H and O–H groups in total. The summed E-state index contributed by atoms with van der Waals surface area (Å²) in [6, 6.07) is 7.23. The van der Waals surface area contributed by atoms with Gasteiger partial charge in [0.1, 0.15) is 17.4 Å². The summed E-state index contributed by atoms with van der Waals surface area (Å²) in [6.07, 6.45) is 3.09. The van der Waals surface area contributed by atoms with Gasteiger partial charge in [-0.15, -0.1) is 13.2 Å². The molecule has 6 heteroatoms. The van der Waals surface area contributed by atoms with Gasteiger partial charge in [-0.05, 0) is 72.4 Å². The summed E-state index contributed by atoms with van der Waals surface area (Å²) >= 11 is 0. The van der Waals surface area contributed by atoms with Gasteiger partial charge in [0, 0.05) is 0 Å². The highest BCUT2D eigenvalue weighted by Gasteiger charge is 2.31. The van der Waals surface area contributed by atoms with Crippen molar-refractivity contribution in [1.82, 2.24) is 0 Å². The van der Waals surface area contributed by atoms with Crippen LogP contribution in [0.3, 0.4) is 0 Å². The van der Waals surface area contributed by atoms with Gasteiger partial charge in [-0.3, -0.25) is 0 Å². The van der Waals surface area contributed by atoms with Gasteiger partial charge in [0.05, 0.1) is 5.56 Å². The summed E-state index contributed by atoms with van der Waals surface area (Å²) in [5.41, 5.74) is 0.535. The van der Waals surface area contributed by atoms with Crippen LogP contribution >= 0.6 is 0 Å². The van der Waals surface area contributed by atoms with Gasteiger partial charge in [0.2, 0.25) is 0 Å². The highest BCUT2D eigenvalue weighted by Crippen LogP contribution is 2.37. The topological polar surface area (TPSA) is 9.23 Å². The van der Waals surface area contributed by atoms with Crippen LogP contribution in [0.2, 0.25) is 0 Å². The first-order valence-electron chi connectivity index (χ1n) is 11.0. The van der Waals surface area contributed by atoms with E-state index in [1.165, 1.54) is 62.8 Å². The predicted molar refractivity (Wildman–Crippen MR) is 112 cm³/mol. The van der Waals surface area contributed by atoms with Gasteiger partial charge in [-0.2, -0.15) is 0 Å². The van der Waals surface area contributed by atoms with E-state index in [1.807, 2.05) is 0 Å². The third-order valence-electron chi connectivity index (χ3n) is 6.43. The zero-order valence-electron chi connectivity index (χ0n) is 17.9. The van der Waals surface area contributed by atoms with Crippen LogP contribution in [-0.2, 0) is 6.42 Å². The number of hydrogen-bond donors (Lipinski definition) is 0. The summed E-state index contributed by atoms with van der Waals surface area (Å²) in [7, 11) is 0. The Morgan fingerprint density at radius 2 is 1.55 bits per heavy atom. The Balaban J connectivity index is 1.68. The number of alkyl halides is 3.